The first-order chi connectivity index (χ1) is 9.42. The summed E-state index contributed by atoms with van der Waals surface area (Å²) in [6.45, 7) is 11.0. The van der Waals surface area contributed by atoms with Gasteiger partial charge >= 0.3 is 0 Å². The van der Waals surface area contributed by atoms with Crippen LogP contribution in [-0.2, 0) is 0 Å². The summed E-state index contributed by atoms with van der Waals surface area (Å²) in [4.78, 5) is 6.09. The summed E-state index contributed by atoms with van der Waals surface area (Å²) in [6, 6.07) is 4.59. The van der Waals surface area contributed by atoms with E-state index in [9.17, 15) is 4.39 Å². The van der Waals surface area contributed by atoms with E-state index >= 15 is 0 Å². The molecule has 0 aliphatic heterocycles. The number of halogens is 2. The number of anilines is 1. The van der Waals surface area contributed by atoms with Gasteiger partial charge in [0.2, 0.25) is 0 Å². The van der Waals surface area contributed by atoms with Gasteiger partial charge in [-0.05, 0) is 37.6 Å². The second kappa shape index (κ2) is 7.06. The third kappa shape index (κ3) is 3.58. The summed E-state index contributed by atoms with van der Waals surface area (Å²) in [5.74, 6) is 0.340. The van der Waals surface area contributed by atoms with E-state index in [0.717, 1.165) is 11.3 Å². The maximum absolute atomic E-state index is 13.2. The molecule has 0 fully saturated rings. The van der Waals surface area contributed by atoms with Gasteiger partial charge in [0, 0.05) is 29.5 Å². The highest BCUT2D eigenvalue weighted by Gasteiger charge is 2.15. The average Bonchev–Trinajstić information content (AvgIpc) is 2.37. The Labute approximate surface area is 124 Å². The number of aryl methyl sites for hydroxylation is 1. The molecular formula is C16H18ClFN2. The lowest BCUT2D eigenvalue weighted by Crippen LogP contribution is -2.28. The number of allylic oxidation sites excluding steroid dienone is 1. The Morgan fingerprint density at radius 1 is 1.40 bits per heavy atom. The second-order valence-corrected chi connectivity index (χ2v) is 4.84. The van der Waals surface area contributed by atoms with E-state index in [-0.39, 0.29) is 5.82 Å². The van der Waals surface area contributed by atoms with Crippen molar-refractivity contribution in [3.05, 3.63) is 65.6 Å². The molecule has 0 atom stereocenters. The van der Waals surface area contributed by atoms with Crippen LogP contribution in [0.5, 0.6) is 0 Å². The Kier molecular flexibility index (Phi) is 5.71. The standard InChI is InChI=1S/C16H18ClFN2/c1-6-14(12(4)17)16(19-7-2)20(5)15-9-8-13(18)10-11(15)3/h6-10H,1-2H2,3-5H3/b14-12+,19-16?. The molecule has 0 bridgehead atoms. The minimum Gasteiger partial charge on any atom is -0.329 e. The maximum Gasteiger partial charge on any atom is 0.141 e. The zero-order valence-electron chi connectivity index (χ0n) is 12.0. The lowest BCUT2D eigenvalue weighted by atomic mass is 10.1. The van der Waals surface area contributed by atoms with Gasteiger partial charge in [0.1, 0.15) is 11.7 Å². The van der Waals surface area contributed by atoms with Crippen LogP contribution in [0, 0.1) is 12.7 Å². The number of amidine groups is 1. The first kappa shape index (κ1) is 16.2. The molecule has 0 unspecified atom stereocenters. The Morgan fingerprint density at radius 2 is 2.05 bits per heavy atom. The first-order valence-electron chi connectivity index (χ1n) is 6.10. The number of benzene rings is 1. The molecule has 0 aromatic heterocycles. The molecule has 1 rings (SSSR count). The summed E-state index contributed by atoms with van der Waals surface area (Å²) in [7, 11) is 1.84. The normalized spacial score (nSPS) is 12.8. The summed E-state index contributed by atoms with van der Waals surface area (Å²) in [5, 5.41) is 0.576. The molecule has 20 heavy (non-hydrogen) atoms. The van der Waals surface area contributed by atoms with E-state index in [0.29, 0.717) is 16.4 Å². The van der Waals surface area contributed by atoms with Crippen LogP contribution in [0.4, 0.5) is 10.1 Å². The molecule has 0 N–H and O–H groups in total. The predicted molar refractivity (Wildman–Crippen MR) is 85.9 cm³/mol. The van der Waals surface area contributed by atoms with Gasteiger partial charge in [-0.3, -0.25) is 0 Å². The number of rotatable bonds is 4. The van der Waals surface area contributed by atoms with E-state index in [1.54, 1.807) is 19.1 Å². The van der Waals surface area contributed by atoms with Gasteiger partial charge < -0.3 is 4.90 Å². The predicted octanol–water partition coefficient (Wildman–Crippen LogP) is 4.81. The maximum atomic E-state index is 13.2. The largest absolute Gasteiger partial charge is 0.329 e. The van der Waals surface area contributed by atoms with Crippen molar-refractivity contribution >= 4 is 23.1 Å². The molecule has 0 radical (unpaired) electrons. The van der Waals surface area contributed by atoms with Gasteiger partial charge in [-0.15, -0.1) is 0 Å². The van der Waals surface area contributed by atoms with Crippen LogP contribution in [0.25, 0.3) is 0 Å². The molecule has 1 aromatic carbocycles. The molecule has 106 valence electrons. The van der Waals surface area contributed by atoms with Crippen molar-refractivity contribution in [2.45, 2.75) is 13.8 Å². The molecule has 0 saturated heterocycles. The van der Waals surface area contributed by atoms with Crippen molar-refractivity contribution in [2.75, 3.05) is 11.9 Å². The Balaban J connectivity index is 3.36. The van der Waals surface area contributed by atoms with E-state index in [2.05, 4.69) is 18.2 Å². The average molecular weight is 293 g/mol. The molecule has 0 spiro atoms. The molecule has 4 heteroatoms. The molecule has 0 aliphatic rings. The summed E-state index contributed by atoms with van der Waals surface area (Å²) in [5.41, 5.74) is 2.35. The van der Waals surface area contributed by atoms with Crippen LogP contribution >= 0.6 is 11.6 Å². The quantitative estimate of drug-likeness (QED) is 0.442. The zero-order chi connectivity index (χ0) is 15.3. The van der Waals surface area contributed by atoms with Gasteiger partial charge in [0.25, 0.3) is 0 Å². The fraction of sp³-hybridized carbons (Fsp3) is 0.188. The van der Waals surface area contributed by atoms with E-state index < -0.39 is 0 Å². The summed E-state index contributed by atoms with van der Waals surface area (Å²) >= 11 is 6.08. The van der Waals surface area contributed by atoms with Crippen molar-refractivity contribution < 1.29 is 4.39 Å². The summed E-state index contributed by atoms with van der Waals surface area (Å²) in [6.07, 6.45) is 3.08. The Hall–Kier alpha value is -1.87. The zero-order valence-corrected chi connectivity index (χ0v) is 12.7. The number of likely N-dealkylation sites (N-methyl/N-ethyl adjacent to an activating group) is 1. The molecule has 0 aliphatic carbocycles. The Morgan fingerprint density at radius 3 is 2.50 bits per heavy atom. The van der Waals surface area contributed by atoms with Gasteiger partial charge in [-0.1, -0.05) is 30.8 Å². The van der Waals surface area contributed by atoms with Crippen LogP contribution in [-0.4, -0.2) is 12.9 Å². The van der Waals surface area contributed by atoms with E-state index in [1.807, 2.05) is 18.9 Å². The van der Waals surface area contributed by atoms with Crippen LogP contribution in [0.3, 0.4) is 0 Å². The smallest absolute Gasteiger partial charge is 0.141 e. The van der Waals surface area contributed by atoms with E-state index in [1.165, 1.54) is 18.3 Å². The SMILES string of the molecule is C=CN=C(/C(C=C)=C(\C)Cl)N(C)c1ccc(F)cc1C. The molecule has 1 aromatic rings. The molecule has 0 amide bonds. The monoisotopic (exact) mass is 292 g/mol. The third-order valence-electron chi connectivity index (χ3n) is 2.87. The fourth-order valence-electron chi connectivity index (χ4n) is 1.92. The molecular weight excluding hydrogens is 275 g/mol. The van der Waals surface area contributed by atoms with Crippen LogP contribution in [0.15, 0.2) is 59.2 Å². The number of aliphatic imine (C=N–C) groups is 1. The first-order valence-corrected chi connectivity index (χ1v) is 6.48. The van der Waals surface area contributed by atoms with Crippen LogP contribution in [0.1, 0.15) is 12.5 Å². The van der Waals surface area contributed by atoms with Crippen molar-refractivity contribution in [3.63, 3.8) is 0 Å². The number of nitrogens with zero attached hydrogens (tertiary/aromatic N) is 2. The topological polar surface area (TPSA) is 15.6 Å². The van der Waals surface area contributed by atoms with Crippen LogP contribution in [0.2, 0.25) is 0 Å². The molecule has 0 saturated carbocycles. The highest BCUT2D eigenvalue weighted by Crippen LogP contribution is 2.23. The molecule has 0 heterocycles. The van der Waals surface area contributed by atoms with E-state index in [4.69, 9.17) is 11.6 Å². The minimum atomic E-state index is -0.269. The lowest BCUT2D eigenvalue weighted by molar-refractivity contribution is 0.626. The number of hydrogen-bond donors (Lipinski definition) is 0. The highest BCUT2D eigenvalue weighted by molar-refractivity contribution is 6.33. The van der Waals surface area contributed by atoms with Gasteiger partial charge in [-0.25, -0.2) is 9.38 Å². The second-order valence-electron chi connectivity index (χ2n) is 4.28. The Bertz CT molecular complexity index is 584. The summed E-state index contributed by atoms with van der Waals surface area (Å²) < 4.78 is 13.2. The third-order valence-corrected chi connectivity index (χ3v) is 3.07. The van der Waals surface area contributed by atoms with Crippen molar-refractivity contribution in [1.82, 2.24) is 0 Å². The minimum absolute atomic E-state index is 0.269. The fourth-order valence-corrected chi connectivity index (χ4v) is 2.08. The van der Waals surface area contributed by atoms with Gasteiger partial charge in [0.05, 0.1) is 0 Å². The van der Waals surface area contributed by atoms with Crippen molar-refractivity contribution in [3.8, 4) is 0 Å². The molecule has 2 nitrogen and oxygen atoms in total. The lowest BCUT2D eigenvalue weighted by Gasteiger charge is -2.24. The number of hydrogen-bond acceptors (Lipinski definition) is 1. The van der Waals surface area contributed by atoms with Crippen LogP contribution < -0.4 is 4.90 Å². The van der Waals surface area contributed by atoms with Gasteiger partial charge in [-0.2, -0.15) is 0 Å². The van der Waals surface area contributed by atoms with Gasteiger partial charge in [0.15, 0.2) is 0 Å². The van der Waals surface area contributed by atoms with Crippen molar-refractivity contribution in [2.24, 2.45) is 4.99 Å². The van der Waals surface area contributed by atoms with Crippen molar-refractivity contribution in [1.29, 1.82) is 0 Å². The highest BCUT2D eigenvalue weighted by atomic mass is 35.5.